The van der Waals surface area contributed by atoms with Crippen LogP contribution in [0.5, 0.6) is 0 Å². The second kappa shape index (κ2) is 8.89. The lowest BCUT2D eigenvalue weighted by molar-refractivity contribution is -0.123. The van der Waals surface area contributed by atoms with Crippen molar-refractivity contribution < 1.29 is 9.59 Å². The zero-order chi connectivity index (χ0) is 19.2. The molecule has 6 nitrogen and oxygen atoms in total. The van der Waals surface area contributed by atoms with E-state index in [2.05, 4.69) is 27.8 Å². The van der Waals surface area contributed by atoms with Crippen molar-refractivity contribution in [2.45, 2.75) is 53.4 Å². The minimum Gasteiger partial charge on any atom is -0.326 e. The molecule has 0 aliphatic heterocycles. The van der Waals surface area contributed by atoms with Gasteiger partial charge in [-0.15, -0.1) is 10.2 Å². The molecular weight excluding hydrogens is 348 g/mol. The van der Waals surface area contributed by atoms with Gasteiger partial charge in [-0.25, -0.2) is 0 Å². The van der Waals surface area contributed by atoms with Gasteiger partial charge in [0.05, 0.1) is 0 Å². The van der Waals surface area contributed by atoms with Crippen LogP contribution >= 0.6 is 11.3 Å². The Labute approximate surface area is 158 Å². The fourth-order valence-electron chi connectivity index (χ4n) is 2.16. The third kappa shape index (κ3) is 5.91. The largest absolute Gasteiger partial charge is 0.326 e. The molecule has 0 aliphatic carbocycles. The molecule has 0 saturated carbocycles. The predicted molar refractivity (Wildman–Crippen MR) is 106 cm³/mol. The van der Waals surface area contributed by atoms with Crippen LogP contribution in [0.2, 0.25) is 0 Å². The number of carbonyl (C=O) groups excluding carboxylic acids is 2. The number of unbranched alkanes of at least 4 members (excludes halogenated alkanes) is 2. The Kier molecular flexibility index (Phi) is 6.85. The fourth-order valence-corrected chi connectivity index (χ4v) is 2.93. The van der Waals surface area contributed by atoms with E-state index in [-0.39, 0.29) is 11.8 Å². The molecule has 1 aromatic heterocycles. The lowest BCUT2D eigenvalue weighted by Crippen LogP contribution is -2.27. The number of aromatic nitrogens is 2. The molecule has 0 radical (unpaired) electrons. The quantitative estimate of drug-likeness (QED) is 0.699. The van der Waals surface area contributed by atoms with Crippen LogP contribution in [0.25, 0.3) is 0 Å². The molecule has 0 bridgehead atoms. The fraction of sp³-hybridized carbons (Fsp3) is 0.474. The Hall–Kier alpha value is -2.28. The average Bonchev–Trinajstić information content (AvgIpc) is 3.02. The zero-order valence-electron chi connectivity index (χ0n) is 15.8. The number of hydrogen-bond acceptors (Lipinski definition) is 5. The minimum atomic E-state index is -0.501. The maximum absolute atomic E-state index is 12.4. The van der Waals surface area contributed by atoms with Gasteiger partial charge in [0.15, 0.2) is 0 Å². The van der Waals surface area contributed by atoms with Gasteiger partial charge in [-0.05, 0) is 24.6 Å². The first-order chi connectivity index (χ1) is 12.3. The molecule has 1 heterocycles. The number of rotatable bonds is 7. The van der Waals surface area contributed by atoms with Gasteiger partial charge in [0.2, 0.25) is 11.0 Å². The molecule has 0 unspecified atom stereocenters. The first-order valence-electron chi connectivity index (χ1n) is 8.85. The van der Waals surface area contributed by atoms with Gasteiger partial charge in [0, 0.05) is 23.1 Å². The third-order valence-electron chi connectivity index (χ3n) is 3.75. The van der Waals surface area contributed by atoms with Gasteiger partial charge < -0.3 is 5.32 Å². The second-order valence-electron chi connectivity index (χ2n) is 7.20. The summed E-state index contributed by atoms with van der Waals surface area (Å²) in [5.74, 6) is -0.371. The number of nitrogens with zero attached hydrogens (tertiary/aromatic N) is 2. The number of nitrogens with one attached hydrogen (secondary N) is 2. The monoisotopic (exact) mass is 374 g/mol. The number of carbonyl (C=O) groups is 2. The molecule has 2 aromatic rings. The second-order valence-corrected chi connectivity index (χ2v) is 8.26. The average molecular weight is 375 g/mol. The van der Waals surface area contributed by atoms with E-state index in [1.807, 2.05) is 20.8 Å². The van der Waals surface area contributed by atoms with Crippen molar-refractivity contribution in [2.75, 3.05) is 10.6 Å². The topological polar surface area (TPSA) is 84.0 Å². The molecule has 0 atom stereocenters. The Bertz CT molecular complexity index is 765. The Morgan fingerprint density at radius 2 is 1.88 bits per heavy atom. The van der Waals surface area contributed by atoms with Gasteiger partial charge in [0.1, 0.15) is 5.01 Å². The van der Waals surface area contributed by atoms with Gasteiger partial charge in [0.25, 0.3) is 5.91 Å². The lowest BCUT2D eigenvalue weighted by atomic mass is 9.95. The van der Waals surface area contributed by atoms with Crippen molar-refractivity contribution >= 4 is 34.0 Å². The van der Waals surface area contributed by atoms with E-state index < -0.39 is 5.41 Å². The van der Waals surface area contributed by atoms with Crippen molar-refractivity contribution in [3.63, 3.8) is 0 Å². The summed E-state index contributed by atoms with van der Waals surface area (Å²) in [6.45, 7) is 7.68. The molecule has 2 amide bonds. The van der Waals surface area contributed by atoms with Crippen LogP contribution in [0.15, 0.2) is 24.3 Å². The summed E-state index contributed by atoms with van der Waals surface area (Å²) in [4.78, 5) is 24.5. The first-order valence-corrected chi connectivity index (χ1v) is 9.66. The van der Waals surface area contributed by atoms with Crippen molar-refractivity contribution in [1.82, 2.24) is 10.2 Å². The smallest absolute Gasteiger partial charge is 0.257 e. The molecule has 26 heavy (non-hydrogen) atoms. The first kappa shape index (κ1) is 20.0. The third-order valence-corrected chi connectivity index (χ3v) is 4.64. The van der Waals surface area contributed by atoms with E-state index in [4.69, 9.17) is 0 Å². The van der Waals surface area contributed by atoms with Crippen molar-refractivity contribution in [3.8, 4) is 0 Å². The predicted octanol–water partition coefficient (Wildman–Crippen LogP) is 4.51. The maximum atomic E-state index is 12.4. The van der Waals surface area contributed by atoms with Crippen molar-refractivity contribution in [1.29, 1.82) is 0 Å². The summed E-state index contributed by atoms with van der Waals surface area (Å²) in [7, 11) is 0. The Balaban J connectivity index is 1.99. The number of anilines is 2. The van der Waals surface area contributed by atoms with Crippen molar-refractivity contribution in [3.05, 3.63) is 34.8 Å². The van der Waals surface area contributed by atoms with Crippen LogP contribution in [-0.4, -0.2) is 22.0 Å². The molecule has 0 fully saturated rings. The molecule has 0 spiro atoms. The van der Waals surface area contributed by atoms with Crippen LogP contribution in [0.4, 0.5) is 10.8 Å². The van der Waals surface area contributed by atoms with E-state index in [0.717, 1.165) is 30.7 Å². The minimum absolute atomic E-state index is 0.101. The Morgan fingerprint density at radius 1 is 1.12 bits per heavy atom. The molecule has 2 rings (SSSR count). The number of amides is 2. The highest BCUT2D eigenvalue weighted by Gasteiger charge is 2.21. The van der Waals surface area contributed by atoms with Gasteiger partial charge >= 0.3 is 0 Å². The van der Waals surface area contributed by atoms with Crippen LogP contribution in [-0.2, 0) is 11.2 Å². The summed E-state index contributed by atoms with van der Waals surface area (Å²) in [6.07, 6.45) is 4.28. The molecule has 7 heteroatoms. The Morgan fingerprint density at radius 3 is 2.58 bits per heavy atom. The van der Waals surface area contributed by atoms with Crippen LogP contribution in [0.3, 0.4) is 0 Å². The molecule has 0 aliphatic rings. The highest BCUT2D eigenvalue weighted by atomic mass is 32.1. The lowest BCUT2D eigenvalue weighted by Gasteiger charge is -2.17. The summed E-state index contributed by atoms with van der Waals surface area (Å²) in [5, 5.41) is 15.2. The molecule has 2 N–H and O–H groups in total. The van der Waals surface area contributed by atoms with E-state index in [1.54, 1.807) is 24.3 Å². The van der Waals surface area contributed by atoms with Gasteiger partial charge in [-0.1, -0.05) is 57.9 Å². The van der Waals surface area contributed by atoms with Crippen LogP contribution in [0, 0.1) is 5.41 Å². The van der Waals surface area contributed by atoms with Gasteiger partial charge in [-0.3, -0.25) is 14.9 Å². The van der Waals surface area contributed by atoms with Crippen molar-refractivity contribution in [2.24, 2.45) is 5.41 Å². The van der Waals surface area contributed by atoms with E-state index in [0.29, 0.717) is 16.4 Å². The van der Waals surface area contributed by atoms with E-state index in [1.165, 1.54) is 11.3 Å². The summed E-state index contributed by atoms with van der Waals surface area (Å²) in [5.41, 5.74) is 0.550. The molecule has 0 saturated heterocycles. The van der Waals surface area contributed by atoms with Crippen LogP contribution < -0.4 is 10.6 Å². The summed E-state index contributed by atoms with van der Waals surface area (Å²) >= 11 is 1.40. The van der Waals surface area contributed by atoms with Crippen LogP contribution in [0.1, 0.15) is 62.3 Å². The molecular formula is C19H26N4O2S. The molecule has 1 aromatic carbocycles. The maximum Gasteiger partial charge on any atom is 0.257 e. The van der Waals surface area contributed by atoms with E-state index >= 15 is 0 Å². The number of hydrogen-bond donors (Lipinski definition) is 2. The summed E-state index contributed by atoms with van der Waals surface area (Å²) in [6, 6.07) is 6.86. The zero-order valence-corrected chi connectivity index (χ0v) is 16.6. The SMILES string of the molecule is CCCCCc1nnc(NC(=O)c2cccc(NC(=O)C(C)(C)C)c2)s1. The van der Waals surface area contributed by atoms with E-state index in [9.17, 15) is 9.59 Å². The molecule has 140 valence electrons. The number of benzene rings is 1. The number of aryl methyl sites for hydroxylation is 1. The highest BCUT2D eigenvalue weighted by Crippen LogP contribution is 2.21. The standard InChI is InChI=1S/C19H26N4O2S/c1-5-6-7-11-15-22-23-18(26-15)21-16(24)13-9-8-10-14(12-13)20-17(25)19(2,3)4/h8-10,12H,5-7,11H2,1-4H3,(H,20,25)(H,21,23,24). The van der Waals surface area contributed by atoms with Gasteiger partial charge in [-0.2, -0.15) is 0 Å². The highest BCUT2D eigenvalue weighted by molar-refractivity contribution is 7.15. The summed E-state index contributed by atoms with van der Waals surface area (Å²) < 4.78 is 0. The normalized spacial score (nSPS) is 11.2.